The molecule has 2 heterocycles. The Balaban J connectivity index is 0.00000225. The molecule has 0 unspecified atom stereocenters. The highest BCUT2D eigenvalue weighted by atomic mass is 35.5. The van der Waals surface area contributed by atoms with Crippen LogP contribution in [0.15, 0.2) is 34.9 Å². The molecule has 30 heavy (non-hydrogen) atoms. The number of hydrogen-bond acceptors (Lipinski definition) is 6. The lowest BCUT2D eigenvalue weighted by Crippen LogP contribution is -2.38. The van der Waals surface area contributed by atoms with Crippen LogP contribution in [0.2, 0.25) is 0 Å². The van der Waals surface area contributed by atoms with E-state index in [-0.39, 0.29) is 49.4 Å². The maximum absolute atomic E-state index is 14.1. The van der Waals surface area contributed by atoms with Crippen LogP contribution in [-0.2, 0) is 16.1 Å². The average molecular weight is 463 g/mol. The average Bonchev–Trinajstić information content (AvgIpc) is 3.19. The third-order valence-electron chi connectivity index (χ3n) is 4.37. The number of nitrogens with one attached hydrogen (secondary N) is 2. The molecule has 1 aromatic heterocycles. The van der Waals surface area contributed by atoms with Gasteiger partial charge in [-0.2, -0.15) is 0 Å². The van der Waals surface area contributed by atoms with Crippen molar-refractivity contribution in [3.05, 3.63) is 47.7 Å². The van der Waals surface area contributed by atoms with Crippen molar-refractivity contribution in [2.45, 2.75) is 13.0 Å². The quantitative estimate of drug-likeness (QED) is 0.583. The Hall–Kier alpha value is -2.17. The lowest BCUT2D eigenvalue weighted by molar-refractivity contribution is -0.116. The van der Waals surface area contributed by atoms with E-state index >= 15 is 0 Å². The second kappa shape index (κ2) is 12.5. The number of halogens is 3. The van der Waals surface area contributed by atoms with Crippen LogP contribution < -0.4 is 16.4 Å². The smallest absolute Gasteiger partial charge is 0.258 e. The van der Waals surface area contributed by atoms with E-state index in [0.717, 1.165) is 13.1 Å². The minimum Gasteiger partial charge on any atom is -0.467 e. The Bertz CT molecular complexity index is 844. The van der Waals surface area contributed by atoms with Crippen molar-refractivity contribution in [1.29, 1.82) is 0 Å². The molecule has 0 saturated carbocycles. The third-order valence-corrected chi connectivity index (χ3v) is 4.37. The standard InChI is InChI=1S/C19H23FN4O4.2ClH/c20-16-2-1-14(22-19(26)13-9-15(11-21)28-12-13)10-17(16)23-18(25)3-4-24-5-7-27-8-6-24;;/h1-2,9-10,12H,3-8,11,21H2,(H,22,26)(H,23,25);2*1H. The Morgan fingerprint density at radius 1 is 1.13 bits per heavy atom. The van der Waals surface area contributed by atoms with Gasteiger partial charge < -0.3 is 25.5 Å². The zero-order valence-electron chi connectivity index (χ0n) is 16.2. The second-order valence-corrected chi connectivity index (χ2v) is 6.41. The van der Waals surface area contributed by atoms with Crippen molar-refractivity contribution in [3.63, 3.8) is 0 Å². The summed E-state index contributed by atoms with van der Waals surface area (Å²) in [5, 5.41) is 5.20. The first kappa shape index (κ1) is 25.9. The summed E-state index contributed by atoms with van der Waals surface area (Å²) in [7, 11) is 0. The number of morpholine rings is 1. The maximum Gasteiger partial charge on any atom is 0.258 e. The molecule has 11 heteroatoms. The number of carbonyl (C=O) groups excluding carboxylic acids is 2. The van der Waals surface area contributed by atoms with Crippen molar-refractivity contribution in [3.8, 4) is 0 Å². The van der Waals surface area contributed by atoms with Crippen LogP contribution in [0.3, 0.4) is 0 Å². The molecule has 4 N–H and O–H groups in total. The predicted octanol–water partition coefficient (Wildman–Crippen LogP) is 2.63. The van der Waals surface area contributed by atoms with Gasteiger partial charge in [0.2, 0.25) is 5.91 Å². The van der Waals surface area contributed by atoms with E-state index in [1.165, 1.54) is 30.5 Å². The first-order valence-corrected chi connectivity index (χ1v) is 9.03. The van der Waals surface area contributed by atoms with E-state index < -0.39 is 11.7 Å². The van der Waals surface area contributed by atoms with E-state index in [9.17, 15) is 14.0 Å². The minimum absolute atomic E-state index is 0. The number of furan rings is 1. The number of benzene rings is 1. The summed E-state index contributed by atoms with van der Waals surface area (Å²) in [5.41, 5.74) is 6.13. The molecule has 8 nitrogen and oxygen atoms in total. The van der Waals surface area contributed by atoms with Crippen LogP contribution in [0.5, 0.6) is 0 Å². The summed E-state index contributed by atoms with van der Waals surface area (Å²) in [6.07, 6.45) is 1.54. The van der Waals surface area contributed by atoms with Crippen LogP contribution in [-0.4, -0.2) is 49.6 Å². The minimum atomic E-state index is -0.577. The Kier molecular flexibility index (Phi) is 10.8. The van der Waals surface area contributed by atoms with Gasteiger partial charge in [-0.05, 0) is 24.3 Å². The molecular weight excluding hydrogens is 438 g/mol. The molecule has 0 bridgehead atoms. The number of ether oxygens (including phenoxy) is 1. The number of nitrogens with zero attached hydrogens (tertiary/aromatic N) is 1. The molecule has 166 valence electrons. The highest BCUT2D eigenvalue weighted by Crippen LogP contribution is 2.21. The van der Waals surface area contributed by atoms with E-state index in [4.69, 9.17) is 14.9 Å². The van der Waals surface area contributed by atoms with Gasteiger partial charge in [-0.3, -0.25) is 14.5 Å². The first-order valence-electron chi connectivity index (χ1n) is 9.03. The van der Waals surface area contributed by atoms with Crippen LogP contribution >= 0.6 is 24.8 Å². The monoisotopic (exact) mass is 462 g/mol. The van der Waals surface area contributed by atoms with Crippen LogP contribution in [0.1, 0.15) is 22.5 Å². The molecule has 1 saturated heterocycles. The summed E-state index contributed by atoms with van der Waals surface area (Å²) in [4.78, 5) is 26.5. The van der Waals surface area contributed by atoms with Gasteiger partial charge in [-0.25, -0.2) is 4.39 Å². The SMILES string of the molecule is Cl.Cl.NCc1cc(C(=O)Nc2ccc(F)c(NC(=O)CCN3CCOCC3)c2)co1. The molecular formula is C19H25Cl2FN4O4. The lowest BCUT2D eigenvalue weighted by atomic mass is 10.2. The number of anilines is 2. The van der Waals surface area contributed by atoms with E-state index in [1.807, 2.05) is 0 Å². The molecule has 3 rings (SSSR count). The number of carbonyl (C=O) groups is 2. The summed E-state index contributed by atoms with van der Waals surface area (Å²) >= 11 is 0. The molecule has 0 atom stereocenters. The molecule has 2 amide bonds. The zero-order valence-corrected chi connectivity index (χ0v) is 17.8. The number of amides is 2. The number of nitrogens with two attached hydrogens (primary N) is 1. The summed E-state index contributed by atoms with van der Waals surface area (Å²) < 4.78 is 24.4. The molecule has 0 spiro atoms. The van der Waals surface area contributed by atoms with Gasteiger partial charge >= 0.3 is 0 Å². The molecule has 0 aliphatic carbocycles. The van der Waals surface area contributed by atoms with Gasteiger partial charge in [0.25, 0.3) is 5.91 Å². The maximum atomic E-state index is 14.1. The summed E-state index contributed by atoms with van der Waals surface area (Å²) in [6, 6.07) is 5.52. The molecule has 1 aliphatic rings. The van der Waals surface area contributed by atoms with Gasteiger partial charge in [0, 0.05) is 31.7 Å². The zero-order chi connectivity index (χ0) is 19.9. The van der Waals surface area contributed by atoms with Gasteiger partial charge in [0.05, 0.1) is 31.0 Å². The van der Waals surface area contributed by atoms with Crippen LogP contribution in [0, 0.1) is 5.82 Å². The van der Waals surface area contributed by atoms with E-state index in [0.29, 0.717) is 36.8 Å². The van der Waals surface area contributed by atoms with E-state index in [1.54, 1.807) is 0 Å². The highest BCUT2D eigenvalue weighted by Gasteiger charge is 2.15. The van der Waals surface area contributed by atoms with Crippen LogP contribution in [0.4, 0.5) is 15.8 Å². The van der Waals surface area contributed by atoms with Crippen molar-refractivity contribution in [2.75, 3.05) is 43.5 Å². The van der Waals surface area contributed by atoms with Gasteiger partial charge in [0.15, 0.2) is 0 Å². The highest BCUT2D eigenvalue weighted by molar-refractivity contribution is 6.04. The molecule has 1 fully saturated rings. The fourth-order valence-corrected chi connectivity index (χ4v) is 2.81. The normalized spacial score (nSPS) is 13.7. The Labute approximate surface area is 186 Å². The van der Waals surface area contributed by atoms with Gasteiger partial charge in [-0.15, -0.1) is 24.8 Å². The molecule has 2 aromatic rings. The third kappa shape index (κ3) is 7.26. The van der Waals surface area contributed by atoms with Crippen molar-refractivity contribution in [1.82, 2.24) is 4.90 Å². The van der Waals surface area contributed by atoms with Gasteiger partial charge in [-0.1, -0.05) is 0 Å². The van der Waals surface area contributed by atoms with Crippen molar-refractivity contribution >= 4 is 48.0 Å². The molecule has 0 radical (unpaired) electrons. The van der Waals surface area contributed by atoms with Crippen molar-refractivity contribution < 1.29 is 23.1 Å². The first-order chi connectivity index (χ1) is 13.5. The fourth-order valence-electron chi connectivity index (χ4n) is 2.81. The Morgan fingerprint density at radius 2 is 1.87 bits per heavy atom. The number of rotatable bonds is 7. The van der Waals surface area contributed by atoms with E-state index in [2.05, 4.69) is 15.5 Å². The summed E-state index contributed by atoms with van der Waals surface area (Å²) in [6.45, 7) is 3.64. The lowest BCUT2D eigenvalue weighted by Gasteiger charge is -2.26. The summed E-state index contributed by atoms with van der Waals surface area (Å²) in [5.74, 6) is -0.806. The second-order valence-electron chi connectivity index (χ2n) is 6.41. The molecule has 1 aliphatic heterocycles. The van der Waals surface area contributed by atoms with Gasteiger partial charge in [0.1, 0.15) is 17.8 Å². The number of hydrogen-bond donors (Lipinski definition) is 3. The van der Waals surface area contributed by atoms with Crippen LogP contribution in [0.25, 0.3) is 0 Å². The fraction of sp³-hybridized carbons (Fsp3) is 0.368. The largest absolute Gasteiger partial charge is 0.467 e. The Morgan fingerprint density at radius 3 is 2.53 bits per heavy atom. The topological polar surface area (TPSA) is 110 Å². The predicted molar refractivity (Wildman–Crippen MR) is 116 cm³/mol. The molecule has 1 aromatic carbocycles. The van der Waals surface area contributed by atoms with Crippen molar-refractivity contribution in [2.24, 2.45) is 5.73 Å².